The topological polar surface area (TPSA) is 81.8 Å². The fourth-order valence-electron chi connectivity index (χ4n) is 2.04. The molecule has 0 spiro atoms. The largest absolute Gasteiger partial charge is 0.480 e. The van der Waals surface area contributed by atoms with Crippen molar-refractivity contribution in [1.82, 2.24) is 0 Å². The second-order valence-corrected chi connectivity index (χ2v) is 6.08. The third-order valence-electron chi connectivity index (χ3n) is 4.11. The van der Waals surface area contributed by atoms with Gasteiger partial charge in [0.25, 0.3) is 0 Å². The number of carbonyl (C=O) groups is 1. The van der Waals surface area contributed by atoms with Gasteiger partial charge in [-0.1, -0.05) is 12.1 Å². The Morgan fingerprint density at radius 3 is 2.00 bits per heavy atom. The first-order chi connectivity index (χ1) is 9.14. The van der Waals surface area contributed by atoms with E-state index in [4.69, 9.17) is 20.1 Å². The highest BCUT2D eigenvalue weighted by Crippen LogP contribution is 2.39. The number of benzene rings is 1. The van der Waals surface area contributed by atoms with E-state index in [1.807, 2.05) is 27.7 Å². The summed E-state index contributed by atoms with van der Waals surface area (Å²) in [7, 11) is -0.546. The highest BCUT2D eigenvalue weighted by molar-refractivity contribution is 6.47. The SMILES string of the molecule is CC1(C)OB([C@@H](N)c2ccc(C(=O)O)cc2)OC1(C)C. The molecule has 1 aromatic carbocycles. The van der Waals surface area contributed by atoms with Crippen LogP contribution in [0.5, 0.6) is 0 Å². The fourth-order valence-corrected chi connectivity index (χ4v) is 2.04. The van der Waals surface area contributed by atoms with E-state index in [0.29, 0.717) is 0 Å². The van der Waals surface area contributed by atoms with Gasteiger partial charge < -0.3 is 20.1 Å². The molecule has 0 unspecified atom stereocenters. The second kappa shape index (κ2) is 4.88. The maximum Gasteiger partial charge on any atom is 0.480 e. The molecule has 1 fully saturated rings. The van der Waals surface area contributed by atoms with Gasteiger partial charge in [-0.15, -0.1) is 0 Å². The molecular weight excluding hydrogens is 257 g/mol. The molecule has 2 rings (SSSR count). The summed E-state index contributed by atoms with van der Waals surface area (Å²) in [6, 6.07) is 6.45. The molecule has 1 atom stereocenters. The highest BCUT2D eigenvalue weighted by Gasteiger charge is 2.53. The van der Waals surface area contributed by atoms with Crippen molar-refractivity contribution in [2.75, 3.05) is 0 Å². The minimum Gasteiger partial charge on any atom is -0.478 e. The molecule has 0 amide bonds. The van der Waals surface area contributed by atoms with Gasteiger partial charge in [0.05, 0.1) is 22.7 Å². The molecule has 5 nitrogen and oxygen atoms in total. The Balaban J connectivity index is 2.17. The van der Waals surface area contributed by atoms with Gasteiger partial charge in [0, 0.05) is 0 Å². The van der Waals surface area contributed by atoms with Crippen molar-refractivity contribution in [2.24, 2.45) is 5.73 Å². The molecule has 0 aromatic heterocycles. The molecule has 1 saturated heterocycles. The van der Waals surface area contributed by atoms with Crippen molar-refractivity contribution in [1.29, 1.82) is 0 Å². The molecule has 1 aromatic rings. The molecule has 0 bridgehead atoms. The molecule has 1 aliphatic rings. The number of aromatic carboxylic acids is 1. The van der Waals surface area contributed by atoms with Gasteiger partial charge >= 0.3 is 13.1 Å². The van der Waals surface area contributed by atoms with E-state index in [1.165, 1.54) is 12.1 Å². The van der Waals surface area contributed by atoms with Gasteiger partial charge in [-0.2, -0.15) is 0 Å². The van der Waals surface area contributed by atoms with E-state index in [1.54, 1.807) is 12.1 Å². The Kier molecular flexibility index (Phi) is 3.66. The fraction of sp³-hybridized carbons (Fsp3) is 0.500. The molecule has 108 valence electrons. The van der Waals surface area contributed by atoms with E-state index in [-0.39, 0.29) is 5.56 Å². The van der Waals surface area contributed by atoms with Crippen molar-refractivity contribution in [3.8, 4) is 0 Å². The van der Waals surface area contributed by atoms with Gasteiger partial charge in [0.15, 0.2) is 0 Å². The predicted molar refractivity (Wildman–Crippen MR) is 76.4 cm³/mol. The zero-order valence-corrected chi connectivity index (χ0v) is 12.2. The van der Waals surface area contributed by atoms with Gasteiger partial charge in [-0.25, -0.2) is 4.79 Å². The number of carboxylic acids is 1. The molecule has 3 N–H and O–H groups in total. The van der Waals surface area contributed by atoms with Gasteiger partial charge in [-0.05, 0) is 45.4 Å². The summed E-state index contributed by atoms with van der Waals surface area (Å²) in [6.45, 7) is 7.86. The van der Waals surface area contributed by atoms with Crippen molar-refractivity contribution in [2.45, 2.75) is 44.8 Å². The maximum absolute atomic E-state index is 10.8. The first kappa shape index (κ1) is 15.0. The Bertz CT molecular complexity index is 496. The number of hydrogen-bond acceptors (Lipinski definition) is 4. The second-order valence-electron chi connectivity index (χ2n) is 6.08. The first-order valence-corrected chi connectivity index (χ1v) is 6.58. The summed E-state index contributed by atoms with van der Waals surface area (Å²) >= 11 is 0. The lowest BCUT2D eigenvalue weighted by Gasteiger charge is -2.32. The Morgan fingerprint density at radius 2 is 1.60 bits per heavy atom. The number of rotatable bonds is 3. The van der Waals surface area contributed by atoms with Crippen LogP contribution in [0.1, 0.15) is 49.6 Å². The van der Waals surface area contributed by atoms with Crippen LogP contribution in [-0.4, -0.2) is 29.4 Å². The Labute approximate surface area is 119 Å². The lowest BCUT2D eigenvalue weighted by atomic mass is 9.75. The van der Waals surface area contributed by atoms with E-state index in [9.17, 15) is 4.79 Å². The third-order valence-corrected chi connectivity index (χ3v) is 4.11. The van der Waals surface area contributed by atoms with Gasteiger partial charge in [0.1, 0.15) is 0 Å². The van der Waals surface area contributed by atoms with Crippen molar-refractivity contribution >= 4 is 13.1 Å². The molecule has 6 heteroatoms. The lowest BCUT2D eigenvalue weighted by Crippen LogP contribution is -2.41. The van der Waals surface area contributed by atoms with Crippen molar-refractivity contribution in [3.63, 3.8) is 0 Å². The van der Waals surface area contributed by atoms with E-state index in [0.717, 1.165) is 5.56 Å². The van der Waals surface area contributed by atoms with Crippen LogP contribution in [0.4, 0.5) is 0 Å². The summed E-state index contributed by atoms with van der Waals surface area (Å²) in [4.78, 5) is 10.8. The summed E-state index contributed by atoms with van der Waals surface area (Å²) < 4.78 is 11.8. The zero-order valence-electron chi connectivity index (χ0n) is 12.2. The van der Waals surface area contributed by atoms with Crippen molar-refractivity contribution in [3.05, 3.63) is 35.4 Å². The van der Waals surface area contributed by atoms with E-state index in [2.05, 4.69) is 0 Å². The summed E-state index contributed by atoms with van der Waals surface area (Å²) in [5.41, 5.74) is 6.32. The van der Waals surface area contributed by atoms with Crippen LogP contribution in [-0.2, 0) is 9.31 Å². The molecule has 0 radical (unpaired) electrons. The standard InChI is InChI=1S/C14H20BNO4/c1-13(2)14(3,4)20-15(19-13)11(16)9-5-7-10(8-6-9)12(17)18/h5-8,11H,16H2,1-4H3,(H,17,18)/t11-/m0/s1. The number of nitrogens with two attached hydrogens (primary N) is 1. The van der Waals surface area contributed by atoms with Gasteiger partial charge in [0.2, 0.25) is 0 Å². The quantitative estimate of drug-likeness (QED) is 0.826. The van der Waals surface area contributed by atoms with Crippen LogP contribution < -0.4 is 5.73 Å². The molecule has 20 heavy (non-hydrogen) atoms. The third kappa shape index (κ3) is 2.59. The molecule has 1 heterocycles. The van der Waals surface area contributed by atoms with Gasteiger partial charge in [-0.3, -0.25) is 0 Å². The van der Waals surface area contributed by atoms with E-state index < -0.39 is 30.2 Å². The summed E-state index contributed by atoms with van der Waals surface area (Å²) in [5.74, 6) is -1.42. The Hall–Kier alpha value is -1.37. The number of carboxylic acid groups (broad SMARTS) is 1. The average Bonchev–Trinajstić information content (AvgIpc) is 2.57. The van der Waals surface area contributed by atoms with Crippen LogP contribution in [0.25, 0.3) is 0 Å². The van der Waals surface area contributed by atoms with Crippen LogP contribution in [0.3, 0.4) is 0 Å². The number of hydrogen-bond donors (Lipinski definition) is 2. The molecule has 0 aliphatic carbocycles. The minimum absolute atomic E-state index is 0.231. The van der Waals surface area contributed by atoms with E-state index >= 15 is 0 Å². The normalized spacial score (nSPS) is 21.8. The van der Waals surface area contributed by atoms with Crippen LogP contribution in [0.15, 0.2) is 24.3 Å². The van der Waals surface area contributed by atoms with Crippen LogP contribution in [0.2, 0.25) is 0 Å². The highest BCUT2D eigenvalue weighted by atomic mass is 16.7. The van der Waals surface area contributed by atoms with Crippen molar-refractivity contribution < 1.29 is 19.2 Å². The molecule has 1 aliphatic heterocycles. The summed E-state index contributed by atoms with van der Waals surface area (Å²) in [6.07, 6.45) is 0. The minimum atomic E-state index is -0.958. The molecule has 0 saturated carbocycles. The summed E-state index contributed by atoms with van der Waals surface area (Å²) in [5, 5.41) is 8.88. The monoisotopic (exact) mass is 277 g/mol. The lowest BCUT2D eigenvalue weighted by molar-refractivity contribution is 0.00578. The zero-order chi connectivity index (χ0) is 15.1. The first-order valence-electron chi connectivity index (χ1n) is 6.58. The molecular formula is C14H20BNO4. The Morgan fingerprint density at radius 1 is 1.15 bits per heavy atom. The predicted octanol–water partition coefficient (Wildman–Crippen LogP) is 2.02. The maximum atomic E-state index is 10.8. The average molecular weight is 277 g/mol. The van der Waals surface area contributed by atoms with Crippen LogP contribution >= 0.6 is 0 Å². The van der Waals surface area contributed by atoms with Crippen LogP contribution in [0, 0.1) is 0 Å². The smallest absolute Gasteiger partial charge is 0.478 e.